The van der Waals surface area contributed by atoms with Gasteiger partial charge in [-0.15, -0.1) is 0 Å². The molecule has 0 heterocycles. The molecule has 6 nitrogen and oxygen atoms in total. The fraction of sp³-hybridized carbons (Fsp3) is 0.188. The summed E-state index contributed by atoms with van der Waals surface area (Å²) in [5.41, 5.74) is 8.15. The number of amides is 1. The molecular weight excluding hydrogens is 314 g/mol. The van der Waals surface area contributed by atoms with Crippen LogP contribution in [0.5, 0.6) is 0 Å². The minimum absolute atomic E-state index is 0.138. The molecule has 0 aromatic heterocycles. The SMILES string of the molecule is Cc1ccc(N)cc1NC(=O)c1ccc(S(=O)(=O)N(C)C)cc1. The molecule has 0 radical (unpaired) electrons. The van der Waals surface area contributed by atoms with Gasteiger partial charge in [0, 0.05) is 31.0 Å². The largest absolute Gasteiger partial charge is 0.399 e. The zero-order chi connectivity index (χ0) is 17.2. The van der Waals surface area contributed by atoms with E-state index in [4.69, 9.17) is 5.73 Å². The van der Waals surface area contributed by atoms with Crippen molar-refractivity contribution in [3.8, 4) is 0 Å². The molecule has 23 heavy (non-hydrogen) atoms. The molecule has 0 unspecified atom stereocenters. The lowest BCUT2D eigenvalue weighted by Gasteiger charge is -2.12. The molecule has 0 spiro atoms. The van der Waals surface area contributed by atoms with Gasteiger partial charge in [-0.1, -0.05) is 6.07 Å². The zero-order valence-electron chi connectivity index (χ0n) is 13.2. The standard InChI is InChI=1S/C16H19N3O3S/c1-11-4-7-13(17)10-15(11)18-16(20)12-5-8-14(9-6-12)23(21,22)19(2)3/h4-10H,17H2,1-3H3,(H,18,20). The number of hydrogen-bond acceptors (Lipinski definition) is 4. The summed E-state index contributed by atoms with van der Waals surface area (Å²) in [6, 6.07) is 11.0. The Bertz CT molecular complexity index is 828. The van der Waals surface area contributed by atoms with Gasteiger partial charge < -0.3 is 11.1 Å². The maximum absolute atomic E-state index is 12.3. The Balaban J connectivity index is 2.23. The van der Waals surface area contributed by atoms with Crippen molar-refractivity contribution in [2.45, 2.75) is 11.8 Å². The van der Waals surface area contributed by atoms with E-state index < -0.39 is 10.0 Å². The Kier molecular flexibility index (Phi) is 4.72. The Morgan fingerprint density at radius 3 is 2.26 bits per heavy atom. The van der Waals surface area contributed by atoms with Gasteiger partial charge >= 0.3 is 0 Å². The van der Waals surface area contributed by atoms with E-state index in [9.17, 15) is 13.2 Å². The van der Waals surface area contributed by atoms with Crippen molar-refractivity contribution in [2.75, 3.05) is 25.1 Å². The Morgan fingerprint density at radius 2 is 1.70 bits per heavy atom. The van der Waals surface area contributed by atoms with Crippen molar-refractivity contribution in [3.63, 3.8) is 0 Å². The fourth-order valence-corrected chi connectivity index (χ4v) is 2.86. The van der Waals surface area contributed by atoms with Gasteiger partial charge in [0.1, 0.15) is 0 Å². The summed E-state index contributed by atoms with van der Waals surface area (Å²) in [7, 11) is -0.592. The minimum Gasteiger partial charge on any atom is -0.399 e. The van der Waals surface area contributed by atoms with Crippen molar-refractivity contribution in [2.24, 2.45) is 0 Å². The lowest BCUT2D eigenvalue weighted by molar-refractivity contribution is 0.102. The number of carbonyl (C=O) groups is 1. The van der Waals surface area contributed by atoms with Crippen LogP contribution in [0.4, 0.5) is 11.4 Å². The lowest BCUT2D eigenvalue weighted by Crippen LogP contribution is -2.22. The molecule has 7 heteroatoms. The maximum Gasteiger partial charge on any atom is 0.255 e. The Morgan fingerprint density at radius 1 is 1.09 bits per heavy atom. The van der Waals surface area contributed by atoms with Crippen LogP contribution < -0.4 is 11.1 Å². The van der Waals surface area contributed by atoms with Gasteiger partial charge in [0.15, 0.2) is 0 Å². The number of carbonyl (C=O) groups excluding carboxylic acids is 1. The molecule has 0 fully saturated rings. The highest BCUT2D eigenvalue weighted by Gasteiger charge is 2.17. The van der Waals surface area contributed by atoms with E-state index in [1.54, 1.807) is 12.1 Å². The number of benzene rings is 2. The normalized spacial score (nSPS) is 11.5. The van der Waals surface area contributed by atoms with Crippen LogP contribution in [0, 0.1) is 6.92 Å². The van der Waals surface area contributed by atoms with Gasteiger partial charge in [0.25, 0.3) is 5.91 Å². The van der Waals surface area contributed by atoms with Gasteiger partial charge in [0.2, 0.25) is 10.0 Å². The van der Waals surface area contributed by atoms with Crippen molar-refractivity contribution >= 4 is 27.3 Å². The summed E-state index contributed by atoms with van der Waals surface area (Å²) in [5.74, 6) is -0.326. The summed E-state index contributed by atoms with van der Waals surface area (Å²) >= 11 is 0. The minimum atomic E-state index is -3.51. The first kappa shape index (κ1) is 17.0. The molecule has 122 valence electrons. The molecule has 0 atom stereocenters. The van der Waals surface area contributed by atoms with E-state index in [1.807, 2.05) is 13.0 Å². The van der Waals surface area contributed by atoms with Crippen molar-refractivity contribution in [3.05, 3.63) is 53.6 Å². The molecule has 0 bridgehead atoms. The van der Waals surface area contributed by atoms with Crippen LogP contribution in [0.15, 0.2) is 47.4 Å². The maximum atomic E-state index is 12.3. The monoisotopic (exact) mass is 333 g/mol. The summed E-state index contributed by atoms with van der Waals surface area (Å²) in [5, 5.41) is 2.77. The van der Waals surface area contributed by atoms with Gasteiger partial charge in [0.05, 0.1) is 4.90 Å². The molecule has 0 aliphatic heterocycles. The number of hydrogen-bond donors (Lipinski definition) is 2. The first-order valence-corrected chi connectivity index (χ1v) is 8.36. The number of nitrogens with two attached hydrogens (primary N) is 1. The molecule has 1 amide bonds. The second kappa shape index (κ2) is 6.39. The topological polar surface area (TPSA) is 92.5 Å². The van der Waals surface area contributed by atoms with Crippen LogP contribution in [0.1, 0.15) is 15.9 Å². The van der Waals surface area contributed by atoms with Crippen LogP contribution in [-0.2, 0) is 10.0 Å². The molecule has 2 aromatic carbocycles. The van der Waals surface area contributed by atoms with E-state index in [0.717, 1.165) is 9.87 Å². The molecule has 0 aliphatic carbocycles. The number of sulfonamides is 1. The van der Waals surface area contributed by atoms with E-state index in [1.165, 1.54) is 38.4 Å². The summed E-state index contributed by atoms with van der Waals surface area (Å²) in [6.45, 7) is 1.86. The molecular formula is C16H19N3O3S. The number of anilines is 2. The summed E-state index contributed by atoms with van der Waals surface area (Å²) in [6.07, 6.45) is 0. The average molecular weight is 333 g/mol. The summed E-state index contributed by atoms with van der Waals surface area (Å²) < 4.78 is 25.1. The molecule has 0 aliphatic rings. The zero-order valence-corrected chi connectivity index (χ0v) is 14.0. The highest BCUT2D eigenvalue weighted by molar-refractivity contribution is 7.89. The third-order valence-electron chi connectivity index (χ3n) is 3.40. The second-order valence-electron chi connectivity index (χ2n) is 5.34. The Labute approximate surface area is 136 Å². The Hall–Kier alpha value is -2.38. The van der Waals surface area contributed by atoms with Gasteiger partial charge in [-0.05, 0) is 48.9 Å². The summed E-state index contributed by atoms with van der Waals surface area (Å²) in [4.78, 5) is 12.4. The molecule has 0 saturated heterocycles. The number of nitrogen functional groups attached to an aromatic ring is 1. The first-order valence-electron chi connectivity index (χ1n) is 6.92. The van der Waals surface area contributed by atoms with E-state index in [2.05, 4.69) is 5.32 Å². The van der Waals surface area contributed by atoms with Crippen LogP contribution in [0.3, 0.4) is 0 Å². The molecule has 2 aromatic rings. The third-order valence-corrected chi connectivity index (χ3v) is 5.23. The average Bonchev–Trinajstić information content (AvgIpc) is 2.50. The number of rotatable bonds is 4. The van der Waals surface area contributed by atoms with Crippen LogP contribution in [0.25, 0.3) is 0 Å². The van der Waals surface area contributed by atoms with Gasteiger partial charge in [-0.3, -0.25) is 4.79 Å². The quantitative estimate of drug-likeness (QED) is 0.838. The first-order chi connectivity index (χ1) is 10.7. The predicted octanol–water partition coefficient (Wildman–Crippen LogP) is 2.08. The van der Waals surface area contributed by atoms with Crippen LogP contribution in [-0.4, -0.2) is 32.7 Å². The number of aryl methyl sites for hydroxylation is 1. The van der Waals surface area contributed by atoms with Crippen molar-refractivity contribution in [1.29, 1.82) is 0 Å². The highest BCUT2D eigenvalue weighted by atomic mass is 32.2. The van der Waals surface area contributed by atoms with Crippen LogP contribution in [0.2, 0.25) is 0 Å². The van der Waals surface area contributed by atoms with Gasteiger partial charge in [-0.2, -0.15) is 0 Å². The predicted molar refractivity (Wildman–Crippen MR) is 90.9 cm³/mol. The van der Waals surface area contributed by atoms with E-state index in [0.29, 0.717) is 16.9 Å². The van der Waals surface area contributed by atoms with Gasteiger partial charge in [-0.25, -0.2) is 12.7 Å². The van der Waals surface area contributed by atoms with E-state index >= 15 is 0 Å². The van der Waals surface area contributed by atoms with Crippen LogP contribution >= 0.6 is 0 Å². The number of nitrogens with zero attached hydrogens (tertiary/aromatic N) is 1. The van der Waals surface area contributed by atoms with Crippen molar-refractivity contribution < 1.29 is 13.2 Å². The molecule has 3 N–H and O–H groups in total. The fourth-order valence-electron chi connectivity index (χ4n) is 1.96. The lowest BCUT2D eigenvalue weighted by atomic mass is 10.1. The highest BCUT2D eigenvalue weighted by Crippen LogP contribution is 2.20. The molecule has 0 saturated carbocycles. The molecule has 2 rings (SSSR count). The van der Waals surface area contributed by atoms with Crippen molar-refractivity contribution in [1.82, 2.24) is 4.31 Å². The smallest absolute Gasteiger partial charge is 0.255 e. The number of nitrogens with one attached hydrogen (secondary N) is 1. The third kappa shape index (κ3) is 3.69. The van der Waals surface area contributed by atoms with E-state index in [-0.39, 0.29) is 10.8 Å². The second-order valence-corrected chi connectivity index (χ2v) is 7.49.